The Labute approximate surface area is 193 Å². The molecule has 3 rings (SSSR count). The van der Waals surface area contributed by atoms with Crippen LogP contribution in [0.2, 0.25) is 0 Å². The van der Waals surface area contributed by atoms with Crippen LogP contribution in [0.1, 0.15) is 52.3 Å². The van der Waals surface area contributed by atoms with Gasteiger partial charge in [-0.15, -0.1) is 0 Å². The molecule has 1 aromatic heterocycles. The molecule has 1 saturated heterocycles. The number of ketones is 1. The molecular weight excluding hydrogens is 422 g/mol. The van der Waals surface area contributed by atoms with Crippen molar-refractivity contribution in [3.05, 3.63) is 64.0 Å². The van der Waals surface area contributed by atoms with E-state index in [1.54, 1.807) is 20.8 Å². The number of benzene rings is 1. The zero-order valence-electron chi connectivity index (χ0n) is 19.8. The Kier molecular flexibility index (Phi) is 7.38. The van der Waals surface area contributed by atoms with Gasteiger partial charge in [-0.05, 0) is 59.0 Å². The molecule has 1 aliphatic heterocycles. The van der Waals surface area contributed by atoms with E-state index in [1.807, 2.05) is 49.3 Å². The number of aromatic amines is 1. The number of nitrogens with zero attached hydrogens (tertiary/aromatic N) is 2. The highest BCUT2D eigenvalue weighted by atomic mass is 16.5. The van der Waals surface area contributed by atoms with Crippen LogP contribution in [0.25, 0.3) is 5.76 Å². The van der Waals surface area contributed by atoms with Gasteiger partial charge in [0, 0.05) is 17.8 Å². The number of carbonyl (C=O) groups excluding carboxylic acids is 3. The van der Waals surface area contributed by atoms with Gasteiger partial charge in [-0.25, -0.2) is 4.79 Å². The van der Waals surface area contributed by atoms with Crippen LogP contribution in [-0.4, -0.2) is 71.3 Å². The number of amides is 1. The molecule has 1 aromatic carbocycles. The third-order valence-electron chi connectivity index (χ3n) is 5.81. The predicted molar refractivity (Wildman–Crippen MR) is 125 cm³/mol. The number of rotatable bonds is 8. The molecule has 8 heteroatoms. The fourth-order valence-electron chi connectivity index (χ4n) is 4.30. The number of H-pyrrole nitrogens is 1. The summed E-state index contributed by atoms with van der Waals surface area (Å²) in [6, 6.07) is 8.48. The van der Waals surface area contributed by atoms with Crippen LogP contribution in [0.5, 0.6) is 0 Å². The number of carbonyl (C=O) groups is 3. The molecule has 2 aromatic rings. The number of aliphatic hydroxyl groups is 1. The van der Waals surface area contributed by atoms with E-state index in [0.29, 0.717) is 29.8 Å². The Balaban J connectivity index is 2.13. The van der Waals surface area contributed by atoms with Gasteiger partial charge in [-0.1, -0.05) is 30.3 Å². The molecule has 2 heterocycles. The number of hydrogen-bond donors (Lipinski definition) is 2. The molecule has 8 nitrogen and oxygen atoms in total. The normalized spacial score (nSPS) is 17.8. The van der Waals surface area contributed by atoms with Gasteiger partial charge in [-0.3, -0.25) is 9.59 Å². The highest BCUT2D eigenvalue weighted by Gasteiger charge is 2.46. The van der Waals surface area contributed by atoms with Crippen molar-refractivity contribution in [2.45, 2.75) is 33.2 Å². The van der Waals surface area contributed by atoms with E-state index in [2.05, 4.69) is 4.98 Å². The predicted octanol–water partition coefficient (Wildman–Crippen LogP) is 3.18. The summed E-state index contributed by atoms with van der Waals surface area (Å²) in [4.78, 5) is 45.0. The van der Waals surface area contributed by atoms with Crippen LogP contribution in [0.4, 0.5) is 0 Å². The highest BCUT2D eigenvalue weighted by molar-refractivity contribution is 6.46. The molecule has 2 N–H and O–H groups in total. The number of aromatic nitrogens is 1. The first-order chi connectivity index (χ1) is 15.7. The average molecular weight is 454 g/mol. The summed E-state index contributed by atoms with van der Waals surface area (Å²) in [6.07, 6.45) is 0.679. The smallest absolute Gasteiger partial charge is 0.355 e. The molecule has 0 spiro atoms. The molecule has 33 heavy (non-hydrogen) atoms. The molecule has 0 bridgehead atoms. The van der Waals surface area contributed by atoms with Crippen LogP contribution in [0, 0.1) is 13.8 Å². The lowest BCUT2D eigenvalue weighted by atomic mass is 9.94. The fourth-order valence-corrected chi connectivity index (χ4v) is 4.30. The molecule has 176 valence electrons. The molecule has 1 aliphatic rings. The highest BCUT2D eigenvalue weighted by Crippen LogP contribution is 2.40. The number of ether oxygens (including phenoxy) is 1. The Hall–Kier alpha value is -3.39. The minimum absolute atomic E-state index is 0.0247. The van der Waals surface area contributed by atoms with E-state index in [4.69, 9.17) is 4.74 Å². The monoisotopic (exact) mass is 453 g/mol. The van der Waals surface area contributed by atoms with E-state index in [1.165, 1.54) is 4.90 Å². The van der Waals surface area contributed by atoms with Gasteiger partial charge < -0.3 is 24.6 Å². The van der Waals surface area contributed by atoms with Crippen LogP contribution in [0.3, 0.4) is 0 Å². The number of esters is 1. The van der Waals surface area contributed by atoms with Gasteiger partial charge in [0.25, 0.3) is 11.7 Å². The van der Waals surface area contributed by atoms with Gasteiger partial charge >= 0.3 is 5.97 Å². The largest absolute Gasteiger partial charge is 0.507 e. The van der Waals surface area contributed by atoms with E-state index in [-0.39, 0.29) is 23.6 Å². The first-order valence-electron chi connectivity index (χ1n) is 11.0. The zero-order chi connectivity index (χ0) is 24.3. The fraction of sp³-hybridized carbons (Fsp3) is 0.400. The molecule has 0 radical (unpaired) electrons. The second-order valence-electron chi connectivity index (χ2n) is 8.41. The van der Waals surface area contributed by atoms with Crippen LogP contribution in [-0.2, 0) is 14.3 Å². The first kappa shape index (κ1) is 24.3. The number of Topliss-reactive ketones (excluding diaryl/α,β-unsaturated/α-hetero) is 1. The maximum absolute atomic E-state index is 13.2. The minimum Gasteiger partial charge on any atom is -0.507 e. The van der Waals surface area contributed by atoms with Crippen LogP contribution >= 0.6 is 0 Å². The van der Waals surface area contributed by atoms with Gasteiger partial charge in [0.1, 0.15) is 11.5 Å². The van der Waals surface area contributed by atoms with Gasteiger partial charge in [-0.2, -0.15) is 0 Å². The molecule has 0 aliphatic carbocycles. The maximum atomic E-state index is 13.2. The van der Waals surface area contributed by atoms with Crippen molar-refractivity contribution in [3.63, 3.8) is 0 Å². The zero-order valence-corrected chi connectivity index (χ0v) is 19.8. The summed E-state index contributed by atoms with van der Waals surface area (Å²) in [7, 11) is 3.89. The molecule has 0 saturated carbocycles. The summed E-state index contributed by atoms with van der Waals surface area (Å²) in [6.45, 7) is 6.43. The van der Waals surface area contributed by atoms with E-state index >= 15 is 0 Å². The van der Waals surface area contributed by atoms with E-state index in [9.17, 15) is 19.5 Å². The quantitative estimate of drug-likeness (QED) is 0.275. The van der Waals surface area contributed by atoms with Crippen molar-refractivity contribution in [1.29, 1.82) is 0 Å². The Morgan fingerprint density at radius 1 is 1.18 bits per heavy atom. The molecule has 0 unspecified atom stereocenters. The lowest BCUT2D eigenvalue weighted by molar-refractivity contribution is -0.139. The molecule has 1 amide bonds. The van der Waals surface area contributed by atoms with Gasteiger partial charge in [0.2, 0.25) is 0 Å². The van der Waals surface area contributed by atoms with Crippen molar-refractivity contribution in [2.75, 3.05) is 33.8 Å². The third-order valence-corrected chi connectivity index (χ3v) is 5.81. The van der Waals surface area contributed by atoms with E-state index in [0.717, 1.165) is 12.1 Å². The number of likely N-dealkylation sites (tertiary alicyclic amines) is 1. The van der Waals surface area contributed by atoms with Crippen molar-refractivity contribution in [3.8, 4) is 0 Å². The van der Waals surface area contributed by atoms with Gasteiger partial charge in [0.05, 0.1) is 18.2 Å². The van der Waals surface area contributed by atoms with Crippen molar-refractivity contribution < 1.29 is 24.2 Å². The summed E-state index contributed by atoms with van der Waals surface area (Å²) >= 11 is 0. The Morgan fingerprint density at radius 3 is 2.45 bits per heavy atom. The SMILES string of the molecule is CCOC(=O)c1[nH]c(C)c(C(O)=C2C(=O)C(=O)N(CCCN(C)C)[C@@H]2c2ccccc2)c1C. The summed E-state index contributed by atoms with van der Waals surface area (Å²) < 4.78 is 5.09. The van der Waals surface area contributed by atoms with Crippen LogP contribution in [0.15, 0.2) is 35.9 Å². The van der Waals surface area contributed by atoms with E-state index < -0.39 is 23.7 Å². The summed E-state index contributed by atoms with van der Waals surface area (Å²) in [5, 5.41) is 11.4. The second kappa shape index (κ2) is 10.0. The summed E-state index contributed by atoms with van der Waals surface area (Å²) in [5.74, 6) is -2.20. The number of hydrogen-bond acceptors (Lipinski definition) is 6. The average Bonchev–Trinajstić information content (AvgIpc) is 3.21. The first-order valence-corrected chi connectivity index (χ1v) is 11.0. The Morgan fingerprint density at radius 2 is 1.85 bits per heavy atom. The van der Waals surface area contributed by atoms with Crippen LogP contribution < -0.4 is 0 Å². The third kappa shape index (κ3) is 4.71. The lowest BCUT2D eigenvalue weighted by Gasteiger charge is -2.26. The molecular formula is C25H31N3O5. The van der Waals surface area contributed by atoms with Crippen molar-refractivity contribution in [2.24, 2.45) is 0 Å². The molecule has 1 fully saturated rings. The number of aryl methyl sites for hydroxylation is 1. The Bertz CT molecular complexity index is 1080. The van der Waals surface area contributed by atoms with Crippen molar-refractivity contribution >= 4 is 23.4 Å². The maximum Gasteiger partial charge on any atom is 0.355 e. The number of nitrogens with one attached hydrogen (secondary N) is 1. The molecule has 1 atom stereocenters. The minimum atomic E-state index is -0.733. The standard InChI is InChI=1S/C25H31N3O5/c1-6-33-25(32)20-15(2)18(16(3)26-20)22(29)19-21(17-11-8-7-9-12-17)28(24(31)23(19)30)14-10-13-27(4)5/h7-9,11-12,21,26,29H,6,10,13-14H2,1-5H3/t21-/m1/s1. The van der Waals surface area contributed by atoms with Gasteiger partial charge in [0.15, 0.2) is 0 Å². The topological polar surface area (TPSA) is 103 Å². The lowest BCUT2D eigenvalue weighted by Crippen LogP contribution is -2.32. The number of aliphatic hydroxyl groups excluding tert-OH is 1. The summed E-state index contributed by atoms with van der Waals surface area (Å²) in [5.41, 5.74) is 2.29. The van der Waals surface area contributed by atoms with Crippen molar-refractivity contribution in [1.82, 2.24) is 14.8 Å². The second-order valence-corrected chi connectivity index (χ2v) is 8.41.